The number of ether oxygens (including phenoxy) is 1. The van der Waals surface area contributed by atoms with E-state index in [4.69, 9.17) is 4.74 Å². The van der Waals surface area contributed by atoms with Crippen LogP contribution in [0.3, 0.4) is 0 Å². The molecular weight excluding hydrogens is 352 g/mol. The molecule has 8 heteroatoms. The molecule has 0 saturated carbocycles. The predicted molar refractivity (Wildman–Crippen MR) is 97.7 cm³/mol. The number of nitrogens with one attached hydrogen (secondary N) is 2. The number of thioether (sulfide) groups is 1. The van der Waals surface area contributed by atoms with Crippen molar-refractivity contribution in [3.05, 3.63) is 34.9 Å². The zero-order valence-electron chi connectivity index (χ0n) is 14.6. The molecule has 26 heavy (non-hydrogen) atoms. The number of rotatable bonds is 5. The van der Waals surface area contributed by atoms with Gasteiger partial charge in [-0.25, -0.2) is 0 Å². The molecule has 0 radical (unpaired) electrons. The van der Waals surface area contributed by atoms with Crippen LogP contribution in [0, 0.1) is 34.0 Å². The van der Waals surface area contributed by atoms with Gasteiger partial charge in [0, 0.05) is 17.2 Å². The van der Waals surface area contributed by atoms with Gasteiger partial charge in [-0.15, -0.1) is 0 Å². The molecular formula is C18H18N4O3S. The Balaban J connectivity index is 2.11. The molecule has 0 spiro atoms. The summed E-state index contributed by atoms with van der Waals surface area (Å²) in [6.45, 7) is 3.35. The second kappa shape index (κ2) is 7.94. The molecule has 1 aliphatic rings. The maximum absolute atomic E-state index is 12.2. The first-order valence-corrected chi connectivity index (χ1v) is 8.74. The lowest BCUT2D eigenvalue weighted by Crippen LogP contribution is -2.44. The van der Waals surface area contributed by atoms with Crippen molar-refractivity contribution < 1.29 is 14.3 Å². The Hall–Kier alpha value is -2.97. The second-order valence-corrected chi connectivity index (χ2v) is 7.14. The van der Waals surface area contributed by atoms with E-state index in [1.165, 1.54) is 7.11 Å². The van der Waals surface area contributed by atoms with Crippen LogP contribution in [0.1, 0.15) is 13.8 Å². The van der Waals surface area contributed by atoms with Gasteiger partial charge in [-0.3, -0.25) is 9.59 Å². The Labute approximate surface area is 156 Å². The van der Waals surface area contributed by atoms with Gasteiger partial charge in [0.1, 0.15) is 11.7 Å². The molecule has 1 aliphatic heterocycles. The maximum Gasteiger partial charge on any atom is 0.243 e. The zero-order valence-corrected chi connectivity index (χ0v) is 15.4. The lowest BCUT2D eigenvalue weighted by molar-refractivity contribution is -0.125. The fraction of sp³-hybridized carbons (Fsp3) is 0.333. The van der Waals surface area contributed by atoms with Crippen molar-refractivity contribution in [3.8, 4) is 17.9 Å². The van der Waals surface area contributed by atoms with E-state index in [0.717, 1.165) is 11.8 Å². The largest absolute Gasteiger partial charge is 0.497 e. The minimum absolute atomic E-state index is 0.00526. The van der Waals surface area contributed by atoms with Crippen LogP contribution in [-0.4, -0.2) is 24.7 Å². The normalized spacial score (nSPS) is 18.3. The van der Waals surface area contributed by atoms with Crippen LogP contribution < -0.4 is 15.4 Å². The summed E-state index contributed by atoms with van der Waals surface area (Å²) in [6, 6.07) is 10.9. The van der Waals surface area contributed by atoms with Crippen LogP contribution >= 0.6 is 11.8 Å². The van der Waals surface area contributed by atoms with Crippen LogP contribution in [0.4, 0.5) is 5.69 Å². The first kappa shape index (κ1) is 19.4. The number of allylic oxidation sites excluding steroid dienone is 1. The number of anilines is 1. The standard InChI is InChI=1S/C18H18N4O3S/c1-18(2)13(8-19)16(24)22-17(14(18)9-20)26-10-15(23)21-11-5-4-6-12(7-11)25-3/h4-7,13H,10H2,1-3H3,(H,21,23)(H,22,24)/t13-/m1/s1. The molecule has 2 rings (SSSR count). The monoisotopic (exact) mass is 370 g/mol. The van der Waals surface area contributed by atoms with E-state index in [-0.39, 0.29) is 11.7 Å². The third-order valence-electron chi connectivity index (χ3n) is 4.03. The van der Waals surface area contributed by atoms with Crippen LogP contribution in [0.5, 0.6) is 5.75 Å². The Morgan fingerprint density at radius 1 is 1.42 bits per heavy atom. The van der Waals surface area contributed by atoms with Crippen LogP contribution in [-0.2, 0) is 9.59 Å². The number of nitrogens with zero attached hydrogens (tertiary/aromatic N) is 2. The smallest absolute Gasteiger partial charge is 0.243 e. The first-order chi connectivity index (χ1) is 12.3. The fourth-order valence-electron chi connectivity index (χ4n) is 2.57. The van der Waals surface area contributed by atoms with E-state index in [0.29, 0.717) is 22.0 Å². The van der Waals surface area contributed by atoms with Gasteiger partial charge in [-0.05, 0) is 12.1 Å². The van der Waals surface area contributed by atoms with Crippen molar-refractivity contribution in [1.82, 2.24) is 5.32 Å². The number of carbonyl (C=O) groups excluding carboxylic acids is 2. The highest BCUT2D eigenvalue weighted by atomic mass is 32.2. The molecule has 1 heterocycles. The van der Waals surface area contributed by atoms with E-state index in [1.807, 2.05) is 6.07 Å². The quantitative estimate of drug-likeness (QED) is 0.822. The van der Waals surface area contributed by atoms with Gasteiger partial charge in [0.15, 0.2) is 0 Å². The van der Waals surface area contributed by atoms with Crippen molar-refractivity contribution in [3.63, 3.8) is 0 Å². The predicted octanol–water partition coefficient (Wildman–Crippen LogP) is 2.40. The number of hydrogen-bond donors (Lipinski definition) is 2. The summed E-state index contributed by atoms with van der Waals surface area (Å²) in [5, 5.41) is 24.3. The number of hydrogen-bond acceptors (Lipinski definition) is 6. The summed E-state index contributed by atoms with van der Waals surface area (Å²) in [5.74, 6) is -1.08. The van der Waals surface area contributed by atoms with Crippen molar-refractivity contribution >= 4 is 29.3 Å². The van der Waals surface area contributed by atoms with E-state index in [2.05, 4.69) is 16.7 Å². The van der Waals surface area contributed by atoms with E-state index < -0.39 is 17.2 Å². The molecule has 2 amide bonds. The third-order valence-corrected chi connectivity index (χ3v) is 5.04. The van der Waals surface area contributed by atoms with Gasteiger partial charge in [0.2, 0.25) is 11.8 Å². The molecule has 0 aromatic heterocycles. The topological polar surface area (TPSA) is 115 Å². The number of carbonyl (C=O) groups is 2. The van der Waals surface area contributed by atoms with Crippen LogP contribution in [0.25, 0.3) is 0 Å². The molecule has 0 bridgehead atoms. The van der Waals surface area contributed by atoms with Gasteiger partial charge in [-0.1, -0.05) is 31.7 Å². The van der Waals surface area contributed by atoms with Crippen molar-refractivity contribution in [2.45, 2.75) is 13.8 Å². The average Bonchev–Trinajstić information content (AvgIpc) is 2.59. The summed E-state index contributed by atoms with van der Waals surface area (Å²) in [4.78, 5) is 24.3. The molecule has 2 N–H and O–H groups in total. The Morgan fingerprint density at radius 3 is 2.77 bits per heavy atom. The molecule has 7 nitrogen and oxygen atoms in total. The summed E-state index contributed by atoms with van der Waals surface area (Å²) in [5.41, 5.74) is -0.0397. The fourth-order valence-corrected chi connectivity index (χ4v) is 3.54. The highest BCUT2D eigenvalue weighted by Crippen LogP contribution is 2.41. The van der Waals surface area contributed by atoms with Crippen LogP contribution in [0.2, 0.25) is 0 Å². The molecule has 134 valence electrons. The lowest BCUT2D eigenvalue weighted by atomic mass is 9.72. The summed E-state index contributed by atoms with van der Waals surface area (Å²) in [6.07, 6.45) is 0. The summed E-state index contributed by atoms with van der Waals surface area (Å²) in [7, 11) is 1.54. The maximum atomic E-state index is 12.2. The SMILES string of the molecule is COc1cccc(NC(=O)CSC2=C(C#N)C(C)(C)[C@H](C#N)C(=O)N2)c1. The van der Waals surface area contributed by atoms with E-state index in [1.54, 1.807) is 38.1 Å². The zero-order chi connectivity index (χ0) is 19.3. The molecule has 1 aromatic rings. The molecule has 0 aliphatic carbocycles. The molecule has 1 atom stereocenters. The first-order valence-electron chi connectivity index (χ1n) is 7.75. The van der Waals surface area contributed by atoms with Crippen molar-refractivity contribution in [2.75, 3.05) is 18.2 Å². The minimum Gasteiger partial charge on any atom is -0.497 e. The van der Waals surface area contributed by atoms with Gasteiger partial charge in [-0.2, -0.15) is 10.5 Å². The average molecular weight is 370 g/mol. The van der Waals surface area contributed by atoms with Crippen molar-refractivity contribution in [2.24, 2.45) is 11.3 Å². The second-order valence-electron chi connectivity index (χ2n) is 6.16. The van der Waals surface area contributed by atoms with Crippen molar-refractivity contribution in [1.29, 1.82) is 10.5 Å². The van der Waals surface area contributed by atoms with Crippen LogP contribution in [0.15, 0.2) is 34.9 Å². The molecule has 0 saturated heterocycles. The Bertz CT molecular complexity index is 849. The third kappa shape index (κ3) is 3.98. The van der Waals surface area contributed by atoms with E-state index in [9.17, 15) is 20.1 Å². The summed E-state index contributed by atoms with van der Waals surface area (Å²) >= 11 is 1.06. The number of methoxy groups -OCH3 is 1. The molecule has 1 aromatic carbocycles. The lowest BCUT2D eigenvalue weighted by Gasteiger charge is -2.34. The highest BCUT2D eigenvalue weighted by molar-refractivity contribution is 8.03. The van der Waals surface area contributed by atoms with Gasteiger partial charge in [0.25, 0.3) is 0 Å². The summed E-state index contributed by atoms with van der Waals surface area (Å²) < 4.78 is 5.10. The Morgan fingerprint density at radius 2 is 2.15 bits per heavy atom. The number of nitriles is 2. The number of benzene rings is 1. The highest BCUT2D eigenvalue weighted by Gasteiger charge is 2.44. The van der Waals surface area contributed by atoms with Gasteiger partial charge >= 0.3 is 0 Å². The number of amides is 2. The Kier molecular flexibility index (Phi) is 5.91. The van der Waals surface area contributed by atoms with Gasteiger partial charge in [0.05, 0.1) is 35.6 Å². The van der Waals surface area contributed by atoms with E-state index >= 15 is 0 Å². The molecule has 0 fully saturated rings. The molecule has 0 unspecified atom stereocenters. The minimum atomic E-state index is -0.952. The van der Waals surface area contributed by atoms with Gasteiger partial charge < -0.3 is 15.4 Å².